The van der Waals surface area contributed by atoms with Crippen molar-refractivity contribution in [1.29, 1.82) is 0 Å². The largest absolute Gasteiger partial charge is 0.324 e. The van der Waals surface area contributed by atoms with Crippen LogP contribution in [-0.2, 0) is 11.3 Å². The zero-order chi connectivity index (χ0) is 12.3. The quantitative estimate of drug-likeness (QED) is 0.942. The number of pyridine rings is 1. The van der Waals surface area contributed by atoms with Gasteiger partial charge < -0.3 is 5.32 Å². The molecule has 0 spiro atoms. The molecule has 0 bridgehead atoms. The van der Waals surface area contributed by atoms with Gasteiger partial charge in [-0.2, -0.15) is 5.10 Å². The Kier molecular flexibility index (Phi) is 3.53. The second-order valence-electron chi connectivity index (χ2n) is 3.54. The van der Waals surface area contributed by atoms with Gasteiger partial charge in [-0.1, -0.05) is 0 Å². The Bertz CT molecular complexity index is 504. The van der Waals surface area contributed by atoms with Gasteiger partial charge in [-0.3, -0.25) is 14.5 Å². The van der Waals surface area contributed by atoms with Crippen LogP contribution in [0.15, 0.2) is 35.2 Å². The van der Waals surface area contributed by atoms with Crippen LogP contribution in [0.2, 0.25) is 0 Å². The lowest BCUT2D eigenvalue weighted by Gasteiger charge is -2.04. The summed E-state index contributed by atoms with van der Waals surface area (Å²) < 4.78 is 2.49. The highest BCUT2D eigenvalue weighted by Crippen LogP contribution is 2.13. The fourth-order valence-corrected chi connectivity index (χ4v) is 1.67. The molecule has 0 aliphatic carbocycles. The summed E-state index contributed by atoms with van der Waals surface area (Å²) in [6.07, 6.45) is 5.04. The molecule has 0 aliphatic rings. The van der Waals surface area contributed by atoms with Gasteiger partial charge in [-0.15, -0.1) is 0 Å². The van der Waals surface area contributed by atoms with E-state index in [0.717, 1.165) is 15.9 Å². The van der Waals surface area contributed by atoms with Crippen LogP contribution in [0, 0.1) is 6.92 Å². The third-order valence-corrected chi connectivity index (χ3v) is 2.93. The van der Waals surface area contributed by atoms with Crippen molar-refractivity contribution in [2.24, 2.45) is 0 Å². The number of aromatic nitrogens is 3. The summed E-state index contributed by atoms with van der Waals surface area (Å²) in [7, 11) is 0. The molecule has 0 aromatic carbocycles. The lowest BCUT2D eigenvalue weighted by molar-refractivity contribution is -0.116. The van der Waals surface area contributed by atoms with Gasteiger partial charge in [0.2, 0.25) is 5.91 Å². The predicted molar refractivity (Wildman–Crippen MR) is 67.5 cm³/mol. The van der Waals surface area contributed by atoms with Crippen molar-refractivity contribution in [2.75, 3.05) is 5.32 Å². The van der Waals surface area contributed by atoms with Gasteiger partial charge in [0.05, 0.1) is 10.2 Å². The number of hydrogen-bond acceptors (Lipinski definition) is 3. The predicted octanol–water partition coefficient (Wildman–Crippen LogP) is 1.99. The van der Waals surface area contributed by atoms with Crippen LogP contribution in [0.4, 0.5) is 5.69 Å². The number of rotatable bonds is 3. The molecule has 0 saturated carbocycles. The fourth-order valence-electron chi connectivity index (χ4n) is 1.36. The number of nitrogens with zero attached hydrogens (tertiary/aromatic N) is 3. The lowest BCUT2D eigenvalue weighted by atomic mass is 10.4. The highest BCUT2D eigenvalue weighted by molar-refractivity contribution is 9.10. The summed E-state index contributed by atoms with van der Waals surface area (Å²) in [4.78, 5) is 15.6. The first kappa shape index (κ1) is 11.8. The number of halogens is 1. The zero-order valence-electron chi connectivity index (χ0n) is 9.22. The van der Waals surface area contributed by atoms with Crippen molar-refractivity contribution < 1.29 is 4.79 Å². The summed E-state index contributed by atoms with van der Waals surface area (Å²) in [5.41, 5.74) is 1.59. The van der Waals surface area contributed by atoms with Crippen LogP contribution in [0.25, 0.3) is 0 Å². The number of hydrogen-bond donors (Lipinski definition) is 1. The van der Waals surface area contributed by atoms with Gasteiger partial charge in [0, 0.05) is 24.3 Å². The molecule has 88 valence electrons. The number of nitrogens with one attached hydrogen (secondary N) is 1. The Labute approximate surface area is 107 Å². The highest BCUT2D eigenvalue weighted by Gasteiger charge is 2.06. The van der Waals surface area contributed by atoms with E-state index in [2.05, 4.69) is 31.3 Å². The Balaban J connectivity index is 1.98. The molecule has 1 amide bonds. The Hall–Kier alpha value is -1.69. The summed E-state index contributed by atoms with van der Waals surface area (Å²) in [6, 6.07) is 3.48. The Morgan fingerprint density at radius 3 is 2.76 bits per heavy atom. The van der Waals surface area contributed by atoms with E-state index in [9.17, 15) is 4.79 Å². The minimum Gasteiger partial charge on any atom is -0.324 e. The summed E-state index contributed by atoms with van der Waals surface area (Å²) in [6.45, 7) is 2.07. The maximum absolute atomic E-state index is 11.7. The topological polar surface area (TPSA) is 59.8 Å². The number of carbonyl (C=O) groups is 1. The van der Waals surface area contributed by atoms with Crippen molar-refractivity contribution in [2.45, 2.75) is 13.5 Å². The van der Waals surface area contributed by atoms with E-state index in [-0.39, 0.29) is 12.5 Å². The Morgan fingerprint density at radius 2 is 2.18 bits per heavy atom. The standard InChI is InChI=1S/C11H11BrN4O/c1-8-10(12)6-16(15-8)7-11(17)14-9-2-4-13-5-3-9/h2-6H,7H2,1H3,(H,13,14,17). The van der Waals surface area contributed by atoms with Crippen molar-refractivity contribution in [3.8, 4) is 0 Å². The van der Waals surface area contributed by atoms with Crippen LogP contribution >= 0.6 is 15.9 Å². The minimum atomic E-state index is -0.119. The minimum absolute atomic E-state index is 0.119. The van der Waals surface area contributed by atoms with Crippen LogP contribution in [0.1, 0.15) is 5.69 Å². The third-order valence-electron chi connectivity index (χ3n) is 2.16. The van der Waals surface area contributed by atoms with E-state index in [1.54, 1.807) is 35.4 Å². The van der Waals surface area contributed by atoms with E-state index in [0.29, 0.717) is 0 Å². The van der Waals surface area contributed by atoms with Gasteiger partial charge in [-0.25, -0.2) is 0 Å². The average molecular weight is 295 g/mol. The second kappa shape index (κ2) is 5.09. The first-order chi connectivity index (χ1) is 8.15. The molecule has 2 heterocycles. The zero-order valence-corrected chi connectivity index (χ0v) is 10.8. The van der Waals surface area contributed by atoms with Gasteiger partial charge >= 0.3 is 0 Å². The molecular weight excluding hydrogens is 284 g/mol. The van der Waals surface area contributed by atoms with Crippen molar-refractivity contribution in [3.63, 3.8) is 0 Å². The Morgan fingerprint density at radius 1 is 1.47 bits per heavy atom. The monoisotopic (exact) mass is 294 g/mol. The van der Waals surface area contributed by atoms with E-state index >= 15 is 0 Å². The summed E-state index contributed by atoms with van der Waals surface area (Å²) in [5.74, 6) is -0.119. The first-order valence-corrected chi connectivity index (χ1v) is 5.84. The molecule has 5 nitrogen and oxygen atoms in total. The first-order valence-electron chi connectivity index (χ1n) is 5.04. The van der Waals surface area contributed by atoms with E-state index in [1.807, 2.05) is 6.92 Å². The molecule has 6 heteroatoms. The van der Waals surface area contributed by atoms with E-state index in [1.165, 1.54) is 0 Å². The van der Waals surface area contributed by atoms with Crippen LogP contribution in [0.3, 0.4) is 0 Å². The molecule has 0 fully saturated rings. The van der Waals surface area contributed by atoms with Crippen LogP contribution in [-0.4, -0.2) is 20.7 Å². The molecular formula is C11H11BrN4O. The number of aryl methyl sites for hydroxylation is 1. The van der Waals surface area contributed by atoms with Gasteiger partial charge in [0.25, 0.3) is 0 Å². The highest BCUT2D eigenvalue weighted by atomic mass is 79.9. The van der Waals surface area contributed by atoms with Crippen LogP contribution in [0.5, 0.6) is 0 Å². The smallest absolute Gasteiger partial charge is 0.246 e. The molecule has 0 atom stereocenters. The molecule has 0 aliphatic heterocycles. The lowest BCUT2D eigenvalue weighted by Crippen LogP contribution is -2.19. The normalized spacial score (nSPS) is 10.2. The summed E-state index contributed by atoms with van der Waals surface area (Å²) >= 11 is 3.35. The second-order valence-corrected chi connectivity index (χ2v) is 4.40. The van der Waals surface area contributed by atoms with Gasteiger partial charge in [0.15, 0.2) is 0 Å². The maximum atomic E-state index is 11.7. The molecule has 1 N–H and O–H groups in total. The fraction of sp³-hybridized carbons (Fsp3) is 0.182. The molecule has 2 aromatic heterocycles. The van der Waals surface area contributed by atoms with Gasteiger partial charge in [0.1, 0.15) is 6.54 Å². The molecule has 2 aromatic rings. The van der Waals surface area contributed by atoms with Crippen LogP contribution < -0.4 is 5.32 Å². The number of amides is 1. The molecule has 2 rings (SSSR count). The number of carbonyl (C=O) groups excluding carboxylic acids is 1. The average Bonchev–Trinajstić information content (AvgIpc) is 2.59. The number of anilines is 1. The SMILES string of the molecule is Cc1nn(CC(=O)Nc2ccncc2)cc1Br. The maximum Gasteiger partial charge on any atom is 0.246 e. The molecule has 0 unspecified atom stereocenters. The molecule has 0 saturated heterocycles. The van der Waals surface area contributed by atoms with Gasteiger partial charge in [-0.05, 0) is 35.0 Å². The van der Waals surface area contributed by atoms with Crippen molar-refractivity contribution in [3.05, 3.63) is 40.9 Å². The van der Waals surface area contributed by atoms with E-state index < -0.39 is 0 Å². The summed E-state index contributed by atoms with van der Waals surface area (Å²) in [5, 5.41) is 6.95. The van der Waals surface area contributed by atoms with Crippen molar-refractivity contribution in [1.82, 2.24) is 14.8 Å². The van der Waals surface area contributed by atoms with E-state index in [4.69, 9.17) is 0 Å². The van der Waals surface area contributed by atoms with Crippen molar-refractivity contribution >= 4 is 27.5 Å². The molecule has 0 radical (unpaired) electrons. The third kappa shape index (κ3) is 3.13. The molecule has 17 heavy (non-hydrogen) atoms.